The van der Waals surface area contributed by atoms with Crippen LogP contribution in [0.2, 0.25) is 0 Å². The van der Waals surface area contributed by atoms with E-state index in [-0.39, 0.29) is 23.2 Å². The average molecular weight is 436 g/mol. The van der Waals surface area contributed by atoms with Crippen LogP contribution in [0.25, 0.3) is 0 Å². The van der Waals surface area contributed by atoms with E-state index in [4.69, 9.17) is 4.74 Å². The van der Waals surface area contributed by atoms with E-state index in [1.807, 2.05) is 6.92 Å². The molecule has 1 unspecified atom stereocenters. The second kappa shape index (κ2) is 9.66. The Bertz CT molecular complexity index is 1030. The van der Waals surface area contributed by atoms with Crippen molar-refractivity contribution in [3.05, 3.63) is 65.7 Å². The molecule has 0 bridgehead atoms. The maximum absolute atomic E-state index is 13.8. The summed E-state index contributed by atoms with van der Waals surface area (Å²) < 4.78 is 47.2. The highest BCUT2D eigenvalue weighted by atomic mass is 32.2. The van der Waals surface area contributed by atoms with Crippen molar-refractivity contribution in [1.29, 1.82) is 0 Å². The fraction of sp³-hybridized carbons (Fsp3) is 0.250. The molecule has 3 aromatic rings. The Morgan fingerprint density at radius 2 is 1.83 bits per heavy atom. The van der Waals surface area contributed by atoms with E-state index in [2.05, 4.69) is 15.5 Å². The van der Waals surface area contributed by atoms with Crippen LogP contribution in [0, 0.1) is 17.5 Å². The van der Waals surface area contributed by atoms with Crippen molar-refractivity contribution in [2.75, 3.05) is 11.1 Å². The zero-order valence-electron chi connectivity index (χ0n) is 16.2. The van der Waals surface area contributed by atoms with Gasteiger partial charge in [-0.2, -0.15) is 0 Å². The number of amides is 1. The van der Waals surface area contributed by atoms with Crippen LogP contribution in [0.5, 0.6) is 5.75 Å². The minimum absolute atomic E-state index is 0.0668. The summed E-state index contributed by atoms with van der Waals surface area (Å²) >= 11 is 1.18. The lowest BCUT2D eigenvalue weighted by Crippen LogP contribution is -2.15. The van der Waals surface area contributed by atoms with Crippen molar-refractivity contribution in [2.45, 2.75) is 31.7 Å². The summed E-state index contributed by atoms with van der Waals surface area (Å²) in [7, 11) is 0. The van der Waals surface area contributed by atoms with Crippen LogP contribution in [-0.2, 0) is 11.3 Å². The maximum atomic E-state index is 13.8. The molecule has 0 saturated carbocycles. The summed E-state index contributed by atoms with van der Waals surface area (Å²) in [6, 6.07) is 8.52. The fourth-order valence-corrected chi connectivity index (χ4v) is 3.49. The van der Waals surface area contributed by atoms with E-state index >= 15 is 0 Å². The molecule has 1 heterocycles. The Morgan fingerprint density at radius 3 is 2.50 bits per heavy atom. The number of carbonyl (C=O) groups excluding carboxylic acids is 1. The molecule has 158 valence electrons. The molecule has 30 heavy (non-hydrogen) atoms. The number of benzene rings is 2. The Labute approximate surface area is 175 Å². The Balaban J connectivity index is 1.64. The van der Waals surface area contributed by atoms with Gasteiger partial charge in [-0.3, -0.25) is 4.79 Å². The molecule has 2 aromatic carbocycles. The Hall–Kier alpha value is -3.01. The van der Waals surface area contributed by atoms with Gasteiger partial charge in [-0.05, 0) is 50.2 Å². The smallest absolute Gasteiger partial charge is 0.234 e. The van der Waals surface area contributed by atoms with Gasteiger partial charge in [0.25, 0.3) is 0 Å². The predicted octanol–water partition coefficient (Wildman–Crippen LogP) is 4.59. The zero-order chi connectivity index (χ0) is 21.7. The van der Waals surface area contributed by atoms with E-state index in [0.29, 0.717) is 23.2 Å². The Kier molecular flexibility index (Phi) is 6.99. The molecule has 0 aliphatic carbocycles. The van der Waals surface area contributed by atoms with Gasteiger partial charge in [0.05, 0.1) is 5.75 Å². The summed E-state index contributed by atoms with van der Waals surface area (Å²) in [6.07, 6.45) is -0.653. The van der Waals surface area contributed by atoms with Crippen LogP contribution in [0.15, 0.2) is 47.6 Å². The molecule has 0 spiro atoms. The minimum Gasteiger partial charge on any atom is -0.480 e. The molecule has 0 radical (unpaired) electrons. The highest BCUT2D eigenvalue weighted by Gasteiger charge is 2.20. The number of hydrogen-bond acceptors (Lipinski definition) is 5. The normalized spacial score (nSPS) is 11.9. The monoisotopic (exact) mass is 436 g/mol. The third kappa shape index (κ3) is 5.32. The first-order chi connectivity index (χ1) is 14.4. The van der Waals surface area contributed by atoms with E-state index in [0.717, 1.165) is 12.1 Å². The number of hydrogen-bond donors (Lipinski definition) is 1. The molecule has 1 atom stereocenters. The third-order valence-electron chi connectivity index (χ3n) is 4.08. The van der Waals surface area contributed by atoms with Crippen LogP contribution in [0.1, 0.15) is 25.8 Å². The second-order valence-corrected chi connectivity index (χ2v) is 7.21. The molecule has 6 nitrogen and oxygen atoms in total. The van der Waals surface area contributed by atoms with Crippen LogP contribution in [-0.4, -0.2) is 26.4 Å². The molecule has 1 aromatic heterocycles. The first-order valence-electron chi connectivity index (χ1n) is 9.10. The lowest BCUT2D eigenvalue weighted by Gasteiger charge is -2.16. The lowest BCUT2D eigenvalue weighted by molar-refractivity contribution is -0.113. The van der Waals surface area contributed by atoms with Gasteiger partial charge in [0.2, 0.25) is 5.91 Å². The van der Waals surface area contributed by atoms with Gasteiger partial charge in [0.15, 0.2) is 28.7 Å². The molecule has 0 aliphatic heterocycles. The molecule has 0 saturated heterocycles. The van der Waals surface area contributed by atoms with Crippen molar-refractivity contribution in [3.8, 4) is 5.75 Å². The standard InChI is InChI=1S/C20H19F3N4O2S/c1-3-27-19(12(2)29-17-9-6-14(22)10-16(17)23)25-26-20(27)30-11-18(28)24-15-7-4-13(21)5-8-15/h4-10,12H,3,11H2,1-2H3,(H,24,28). The average Bonchev–Trinajstić information content (AvgIpc) is 3.13. The second-order valence-electron chi connectivity index (χ2n) is 6.26. The maximum Gasteiger partial charge on any atom is 0.234 e. The van der Waals surface area contributed by atoms with Crippen molar-refractivity contribution < 1.29 is 22.7 Å². The van der Waals surface area contributed by atoms with Gasteiger partial charge >= 0.3 is 0 Å². The number of carbonyl (C=O) groups is 1. The topological polar surface area (TPSA) is 69.0 Å². The Morgan fingerprint density at radius 1 is 1.13 bits per heavy atom. The summed E-state index contributed by atoms with van der Waals surface area (Å²) in [6.45, 7) is 4.05. The van der Waals surface area contributed by atoms with E-state index < -0.39 is 17.7 Å². The van der Waals surface area contributed by atoms with Crippen molar-refractivity contribution in [1.82, 2.24) is 14.8 Å². The van der Waals surface area contributed by atoms with Gasteiger partial charge in [0.1, 0.15) is 11.6 Å². The van der Waals surface area contributed by atoms with Crippen LogP contribution >= 0.6 is 11.8 Å². The number of anilines is 1. The molecule has 0 fully saturated rings. The van der Waals surface area contributed by atoms with Gasteiger partial charge in [-0.15, -0.1) is 10.2 Å². The largest absolute Gasteiger partial charge is 0.480 e. The van der Waals surface area contributed by atoms with E-state index in [9.17, 15) is 18.0 Å². The summed E-state index contributed by atoms with van der Waals surface area (Å²) in [4.78, 5) is 12.1. The molecular formula is C20H19F3N4O2S. The van der Waals surface area contributed by atoms with E-state index in [1.54, 1.807) is 11.5 Å². The molecule has 1 N–H and O–H groups in total. The van der Waals surface area contributed by atoms with Crippen LogP contribution < -0.4 is 10.1 Å². The fourth-order valence-electron chi connectivity index (χ4n) is 2.68. The third-order valence-corrected chi connectivity index (χ3v) is 5.05. The van der Waals surface area contributed by atoms with Crippen molar-refractivity contribution in [2.24, 2.45) is 0 Å². The SMILES string of the molecule is CCn1c(SCC(=O)Nc2ccc(F)cc2)nnc1C(C)Oc1ccc(F)cc1F. The van der Waals surface area contributed by atoms with Gasteiger partial charge < -0.3 is 14.6 Å². The number of nitrogens with one attached hydrogen (secondary N) is 1. The van der Waals surface area contributed by atoms with Crippen molar-refractivity contribution >= 4 is 23.4 Å². The molecule has 3 rings (SSSR count). The number of nitrogens with zero attached hydrogens (tertiary/aromatic N) is 3. The van der Waals surface area contributed by atoms with E-state index in [1.165, 1.54) is 42.1 Å². The zero-order valence-corrected chi connectivity index (χ0v) is 17.0. The molecule has 0 aliphatic rings. The first kappa shape index (κ1) is 21.7. The number of rotatable bonds is 8. The molecular weight excluding hydrogens is 417 g/mol. The summed E-state index contributed by atoms with van der Waals surface area (Å²) in [5.74, 6) is -1.75. The molecule has 1 amide bonds. The van der Waals surface area contributed by atoms with Gasteiger partial charge in [-0.1, -0.05) is 11.8 Å². The van der Waals surface area contributed by atoms with Gasteiger partial charge in [0, 0.05) is 18.3 Å². The molecule has 10 heteroatoms. The minimum atomic E-state index is -0.809. The quantitative estimate of drug-likeness (QED) is 0.524. The lowest BCUT2D eigenvalue weighted by atomic mass is 10.3. The van der Waals surface area contributed by atoms with Crippen molar-refractivity contribution in [3.63, 3.8) is 0 Å². The predicted molar refractivity (Wildman–Crippen MR) is 107 cm³/mol. The number of ether oxygens (including phenoxy) is 1. The van der Waals surface area contributed by atoms with Gasteiger partial charge in [-0.25, -0.2) is 13.2 Å². The summed E-state index contributed by atoms with van der Waals surface area (Å²) in [5.41, 5.74) is 0.489. The highest BCUT2D eigenvalue weighted by Crippen LogP contribution is 2.26. The summed E-state index contributed by atoms with van der Waals surface area (Å²) in [5, 5.41) is 11.4. The number of halogens is 3. The first-order valence-corrected chi connectivity index (χ1v) is 10.1. The van der Waals surface area contributed by atoms with Crippen LogP contribution in [0.4, 0.5) is 18.9 Å². The van der Waals surface area contributed by atoms with Crippen LogP contribution in [0.3, 0.4) is 0 Å². The highest BCUT2D eigenvalue weighted by molar-refractivity contribution is 7.99. The number of thioether (sulfide) groups is 1. The number of aromatic nitrogens is 3.